The Morgan fingerprint density at radius 1 is 1.07 bits per heavy atom. The van der Waals surface area contributed by atoms with E-state index in [0.717, 1.165) is 4.88 Å². The van der Waals surface area contributed by atoms with E-state index in [1.54, 1.807) is 36.4 Å². The molecule has 27 heavy (non-hydrogen) atoms. The van der Waals surface area contributed by atoms with Crippen LogP contribution in [0.4, 0.5) is 0 Å². The van der Waals surface area contributed by atoms with E-state index in [-0.39, 0.29) is 17.9 Å². The van der Waals surface area contributed by atoms with E-state index in [9.17, 15) is 14.4 Å². The van der Waals surface area contributed by atoms with Gasteiger partial charge in [-0.1, -0.05) is 18.2 Å². The van der Waals surface area contributed by atoms with Crippen LogP contribution in [-0.4, -0.2) is 11.7 Å². The summed E-state index contributed by atoms with van der Waals surface area (Å²) in [6, 6.07) is 13.9. The summed E-state index contributed by atoms with van der Waals surface area (Å²) in [4.78, 5) is 38.2. The van der Waals surface area contributed by atoms with Gasteiger partial charge in [0, 0.05) is 21.2 Å². The Morgan fingerprint density at radius 3 is 2.74 bits per heavy atom. The maximum Gasteiger partial charge on any atom is 0.349 e. The molecule has 0 aliphatic heterocycles. The standard InChI is InChI=1S/C20H13NO4S2/c22-18(13-7-8-26-11-13)17-6-5-14(27-17)10-21-19(23)15-9-12-3-1-2-4-16(12)25-20(15)24/h1-9,11H,10H2,(H,21,23). The molecule has 5 nitrogen and oxygen atoms in total. The Hall–Kier alpha value is -3.03. The molecule has 0 fully saturated rings. The van der Waals surface area contributed by atoms with Crippen molar-refractivity contribution in [1.29, 1.82) is 0 Å². The molecule has 0 atom stereocenters. The molecule has 0 spiro atoms. The van der Waals surface area contributed by atoms with Crippen LogP contribution in [0.25, 0.3) is 11.0 Å². The summed E-state index contributed by atoms with van der Waals surface area (Å²) in [5.74, 6) is -0.539. The fourth-order valence-corrected chi connectivity index (χ4v) is 4.16. The van der Waals surface area contributed by atoms with Gasteiger partial charge in [-0.05, 0) is 35.7 Å². The minimum atomic E-state index is -0.675. The Bertz CT molecular complexity index is 1190. The second-order valence-electron chi connectivity index (χ2n) is 5.78. The summed E-state index contributed by atoms with van der Waals surface area (Å²) < 4.78 is 5.19. The summed E-state index contributed by atoms with van der Waals surface area (Å²) >= 11 is 2.79. The number of fused-ring (bicyclic) bond motifs is 1. The summed E-state index contributed by atoms with van der Waals surface area (Å²) in [6.45, 7) is 0.229. The van der Waals surface area contributed by atoms with Crippen molar-refractivity contribution in [2.75, 3.05) is 0 Å². The largest absolute Gasteiger partial charge is 0.422 e. The minimum absolute atomic E-state index is 0.0333. The predicted octanol–water partition coefficient (Wildman–Crippen LogP) is 4.08. The van der Waals surface area contributed by atoms with Gasteiger partial charge < -0.3 is 9.73 Å². The fourth-order valence-electron chi connectivity index (χ4n) is 2.61. The van der Waals surface area contributed by atoms with Crippen LogP contribution in [0.5, 0.6) is 0 Å². The van der Waals surface area contributed by atoms with Crippen LogP contribution in [0.3, 0.4) is 0 Å². The highest BCUT2D eigenvalue weighted by Gasteiger charge is 2.15. The number of ketones is 1. The Balaban J connectivity index is 1.48. The smallest absolute Gasteiger partial charge is 0.349 e. The van der Waals surface area contributed by atoms with Crippen LogP contribution in [0, 0.1) is 0 Å². The zero-order chi connectivity index (χ0) is 18.8. The first-order valence-corrected chi connectivity index (χ1v) is 9.84. The van der Waals surface area contributed by atoms with E-state index < -0.39 is 11.5 Å². The number of benzene rings is 1. The maximum atomic E-state index is 12.4. The molecule has 0 unspecified atom stereocenters. The van der Waals surface area contributed by atoms with Gasteiger partial charge in [-0.15, -0.1) is 11.3 Å². The normalized spacial score (nSPS) is 10.8. The zero-order valence-corrected chi connectivity index (χ0v) is 15.6. The van der Waals surface area contributed by atoms with Crippen molar-refractivity contribution < 1.29 is 14.0 Å². The quantitative estimate of drug-likeness (QED) is 0.408. The molecule has 134 valence electrons. The minimum Gasteiger partial charge on any atom is -0.422 e. The lowest BCUT2D eigenvalue weighted by atomic mass is 10.2. The van der Waals surface area contributed by atoms with Crippen LogP contribution >= 0.6 is 22.7 Å². The zero-order valence-electron chi connectivity index (χ0n) is 13.9. The molecule has 4 aromatic rings. The number of hydrogen-bond donors (Lipinski definition) is 1. The molecule has 0 saturated heterocycles. The van der Waals surface area contributed by atoms with Crippen molar-refractivity contribution in [2.24, 2.45) is 0 Å². The average molecular weight is 395 g/mol. The molecule has 0 saturated carbocycles. The molecule has 3 aromatic heterocycles. The molecule has 0 aliphatic carbocycles. The average Bonchev–Trinajstić information content (AvgIpc) is 3.37. The summed E-state index contributed by atoms with van der Waals surface area (Å²) in [6.07, 6.45) is 0. The van der Waals surface area contributed by atoms with Crippen molar-refractivity contribution in [2.45, 2.75) is 6.54 Å². The van der Waals surface area contributed by atoms with Crippen LogP contribution in [-0.2, 0) is 6.54 Å². The molecule has 0 aliphatic rings. The van der Waals surface area contributed by atoms with Crippen LogP contribution in [0.1, 0.15) is 30.5 Å². The summed E-state index contributed by atoms with van der Waals surface area (Å²) in [5.41, 5.74) is 0.380. The SMILES string of the molecule is O=C(c1ccsc1)c1ccc(CNC(=O)c2cc3ccccc3oc2=O)s1. The number of thiophene rings is 2. The van der Waals surface area contributed by atoms with E-state index in [4.69, 9.17) is 4.42 Å². The van der Waals surface area contributed by atoms with E-state index in [0.29, 0.717) is 21.4 Å². The maximum absolute atomic E-state index is 12.4. The molecule has 1 amide bonds. The van der Waals surface area contributed by atoms with E-state index in [1.807, 2.05) is 16.8 Å². The molecule has 0 bridgehead atoms. The Labute approximate surface area is 161 Å². The second kappa shape index (κ2) is 7.30. The Kier molecular flexibility index (Phi) is 4.70. The number of para-hydroxylation sites is 1. The molecule has 7 heteroatoms. The van der Waals surface area contributed by atoms with Gasteiger partial charge in [0.1, 0.15) is 11.1 Å². The number of amides is 1. The van der Waals surface area contributed by atoms with E-state index in [1.165, 1.54) is 28.7 Å². The first-order valence-electron chi connectivity index (χ1n) is 8.08. The highest BCUT2D eigenvalue weighted by Crippen LogP contribution is 2.21. The third-order valence-corrected chi connectivity index (χ3v) is 5.75. The van der Waals surface area contributed by atoms with E-state index >= 15 is 0 Å². The first kappa shape index (κ1) is 17.4. The van der Waals surface area contributed by atoms with Crippen molar-refractivity contribution >= 4 is 45.3 Å². The van der Waals surface area contributed by atoms with Gasteiger partial charge in [0.15, 0.2) is 0 Å². The lowest BCUT2D eigenvalue weighted by Gasteiger charge is -2.04. The number of nitrogens with one attached hydrogen (secondary N) is 1. The first-order chi connectivity index (χ1) is 13.1. The van der Waals surface area contributed by atoms with Crippen LogP contribution in [0.2, 0.25) is 0 Å². The molecular formula is C20H13NO4S2. The van der Waals surface area contributed by atoms with Crippen molar-refractivity contribution in [1.82, 2.24) is 5.32 Å². The highest BCUT2D eigenvalue weighted by atomic mass is 32.1. The lowest BCUT2D eigenvalue weighted by molar-refractivity contribution is 0.0947. The lowest BCUT2D eigenvalue weighted by Crippen LogP contribution is -2.27. The second-order valence-corrected chi connectivity index (χ2v) is 7.72. The molecule has 0 radical (unpaired) electrons. The molecule has 1 N–H and O–H groups in total. The third-order valence-electron chi connectivity index (χ3n) is 3.98. The molecule has 3 heterocycles. The van der Waals surface area contributed by atoms with Gasteiger partial charge in [0.25, 0.3) is 5.91 Å². The Morgan fingerprint density at radius 2 is 1.93 bits per heavy atom. The van der Waals surface area contributed by atoms with Gasteiger partial charge in [0.2, 0.25) is 5.78 Å². The number of carbonyl (C=O) groups excluding carboxylic acids is 2. The van der Waals surface area contributed by atoms with Gasteiger partial charge in [-0.2, -0.15) is 11.3 Å². The van der Waals surface area contributed by atoms with Crippen molar-refractivity contribution in [3.05, 3.63) is 90.6 Å². The van der Waals surface area contributed by atoms with Gasteiger partial charge in [0.05, 0.1) is 11.4 Å². The summed E-state index contributed by atoms with van der Waals surface area (Å²) in [5, 5.41) is 7.06. The van der Waals surface area contributed by atoms with E-state index in [2.05, 4.69) is 5.32 Å². The van der Waals surface area contributed by atoms with Gasteiger partial charge >= 0.3 is 5.63 Å². The number of carbonyl (C=O) groups is 2. The number of hydrogen-bond acceptors (Lipinski definition) is 6. The predicted molar refractivity (Wildman–Crippen MR) is 106 cm³/mol. The van der Waals surface area contributed by atoms with Crippen LogP contribution < -0.4 is 10.9 Å². The van der Waals surface area contributed by atoms with Gasteiger partial charge in [-0.3, -0.25) is 9.59 Å². The number of rotatable bonds is 5. The van der Waals surface area contributed by atoms with Crippen LogP contribution in [0.15, 0.2) is 68.5 Å². The topological polar surface area (TPSA) is 76.4 Å². The monoisotopic (exact) mass is 395 g/mol. The fraction of sp³-hybridized carbons (Fsp3) is 0.0500. The molecule has 1 aromatic carbocycles. The molecule has 4 rings (SSSR count). The molecular weight excluding hydrogens is 382 g/mol. The summed E-state index contributed by atoms with van der Waals surface area (Å²) in [7, 11) is 0. The van der Waals surface area contributed by atoms with Gasteiger partial charge in [-0.25, -0.2) is 4.79 Å². The highest BCUT2D eigenvalue weighted by molar-refractivity contribution is 7.14. The van der Waals surface area contributed by atoms with Crippen molar-refractivity contribution in [3.63, 3.8) is 0 Å². The third kappa shape index (κ3) is 3.60. The van der Waals surface area contributed by atoms with Crippen molar-refractivity contribution in [3.8, 4) is 0 Å².